The van der Waals surface area contributed by atoms with E-state index in [9.17, 15) is 4.79 Å². The number of ketones is 1. The molecular weight excluding hydrogens is 757 g/mol. The molecule has 0 fully saturated rings. The third-order valence-electron chi connectivity index (χ3n) is 13.2. The molecule has 0 N–H and O–H groups in total. The number of carbonyl (C=O) groups is 1. The standard InChI is InChI=1S/C47H84O5Si4/c1-17-55(18-2,19-3)52-41(34-33-40(48)28-26-27-38-49-53(13,14)45(4,5)6)35-36-42(51-54(15,16)46(7,8)9)37-39-50-56(47(10,11)12,43-29-22-20-23-30-43)44-31-24-21-25-32-44/h20-26,28-32,41-42H,17-19,27,33-39H2,1-16H3/b28-26-. The highest BCUT2D eigenvalue weighted by molar-refractivity contribution is 6.99. The van der Waals surface area contributed by atoms with Crippen LogP contribution in [0.1, 0.15) is 122 Å². The maximum absolute atomic E-state index is 13.2. The van der Waals surface area contributed by atoms with Crippen LogP contribution in [0.2, 0.25) is 59.4 Å². The lowest BCUT2D eigenvalue weighted by molar-refractivity contribution is -0.115. The predicted octanol–water partition coefficient (Wildman–Crippen LogP) is 12.8. The van der Waals surface area contributed by atoms with Crippen molar-refractivity contribution < 1.29 is 22.5 Å². The lowest BCUT2D eigenvalue weighted by Gasteiger charge is -2.44. The molecule has 0 bridgehead atoms. The fourth-order valence-electron chi connectivity index (χ4n) is 7.15. The Morgan fingerprint density at radius 3 is 1.48 bits per heavy atom. The smallest absolute Gasteiger partial charge is 0.261 e. The van der Waals surface area contributed by atoms with Crippen molar-refractivity contribution in [2.24, 2.45) is 0 Å². The molecule has 9 heteroatoms. The molecule has 0 saturated carbocycles. The molecule has 56 heavy (non-hydrogen) atoms. The Balaban J connectivity index is 2.33. The fourth-order valence-corrected chi connectivity index (χ4v) is 17.2. The molecule has 0 spiro atoms. The molecule has 0 heterocycles. The van der Waals surface area contributed by atoms with E-state index in [4.69, 9.17) is 17.7 Å². The van der Waals surface area contributed by atoms with E-state index < -0.39 is 33.3 Å². The third kappa shape index (κ3) is 14.4. The van der Waals surface area contributed by atoms with Gasteiger partial charge in [0.15, 0.2) is 30.7 Å². The summed E-state index contributed by atoms with van der Waals surface area (Å²) in [6, 6.07) is 25.1. The summed E-state index contributed by atoms with van der Waals surface area (Å²) in [6.07, 6.45) is 8.44. The van der Waals surface area contributed by atoms with Gasteiger partial charge in [-0.25, -0.2) is 0 Å². The Kier molecular flexibility index (Phi) is 19.7. The third-order valence-corrected chi connectivity index (χ3v) is 32.0. The van der Waals surface area contributed by atoms with E-state index in [0.29, 0.717) is 19.6 Å². The Morgan fingerprint density at radius 2 is 1.05 bits per heavy atom. The summed E-state index contributed by atoms with van der Waals surface area (Å²) in [4.78, 5) is 13.2. The molecule has 0 radical (unpaired) electrons. The normalized spacial score (nSPS) is 15.0. The molecule has 2 aromatic carbocycles. The first-order valence-electron chi connectivity index (χ1n) is 21.8. The van der Waals surface area contributed by atoms with Crippen LogP contribution in [0, 0.1) is 0 Å². The van der Waals surface area contributed by atoms with Gasteiger partial charge in [-0.15, -0.1) is 0 Å². The van der Waals surface area contributed by atoms with Gasteiger partial charge in [-0.1, -0.05) is 150 Å². The summed E-state index contributed by atoms with van der Waals surface area (Å²) in [5, 5.41) is 2.79. The predicted molar refractivity (Wildman–Crippen MR) is 253 cm³/mol. The van der Waals surface area contributed by atoms with Crippen molar-refractivity contribution in [2.75, 3.05) is 13.2 Å². The molecule has 0 aliphatic carbocycles. The highest BCUT2D eigenvalue weighted by Gasteiger charge is 2.50. The van der Waals surface area contributed by atoms with Gasteiger partial charge < -0.3 is 17.7 Å². The van der Waals surface area contributed by atoms with Gasteiger partial charge in [0.25, 0.3) is 8.32 Å². The zero-order chi connectivity index (χ0) is 42.5. The highest BCUT2D eigenvalue weighted by Crippen LogP contribution is 2.40. The molecule has 0 saturated heterocycles. The first-order chi connectivity index (χ1) is 25.9. The van der Waals surface area contributed by atoms with E-state index in [1.54, 1.807) is 6.08 Å². The lowest BCUT2D eigenvalue weighted by Crippen LogP contribution is -2.66. The maximum atomic E-state index is 13.2. The zero-order valence-electron chi connectivity index (χ0n) is 38.9. The van der Waals surface area contributed by atoms with Crippen LogP contribution in [-0.4, -0.2) is 64.5 Å². The Morgan fingerprint density at radius 1 is 0.589 bits per heavy atom. The second kappa shape index (κ2) is 21.7. The summed E-state index contributed by atoms with van der Waals surface area (Å²) in [6.45, 7) is 38.2. The summed E-state index contributed by atoms with van der Waals surface area (Å²) in [5.74, 6) is 0.176. The Bertz CT molecular complexity index is 1400. The molecule has 2 atom stereocenters. The molecule has 0 aliphatic heterocycles. The summed E-state index contributed by atoms with van der Waals surface area (Å²) in [7, 11) is -8.48. The van der Waals surface area contributed by atoms with Crippen LogP contribution >= 0.6 is 0 Å². The number of benzene rings is 2. The molecule has 2 rings (SSSR count). The molecule has 0 aliphatic rings. The second-order valence-electron chi connectivity index (χ2n) is 20.2. The van der Waals surface area contributed by atoms with E-state index in [1.807, 2.05) is 6.08 Å². The van der Waals surface area contributed by atoms with Crippen molar-refractivity contribution >= 4 is 49.4 Å². The summed E-state index contributed by atoms with van der Waals surface area (Å²) < 4.78 is 28.2. The molecular formula is C47H84O5Si4. The molecule has 318 valence electrons. The minimum Gasteiger partial charge on any atom is -0.417 e. The molecule has 2 unspecified atom stereocenters. The first kappa shape index (κ1) is 50.7. The number of allylic oxidation sites excluding steroid dienone is 1. The van der Waals surface area contributed by atoms with E-state index in [0.717, 1.165) is 50.2 Å². The van der Waals surface area contributed by atoms with Gasteiger partial charge in [0, 0.05) is 31.8 Å². The molecule has 0 aromatic heterocycles. The van der Waals surface area contributed by atoms with Gasteiger partial charge in [-0.2, -0.15) is 0 Å². The quantitative estimate of drug-likeness (QED) is 0.0599. The minimum atomic E-state index is -2.68. The van der Waals surface area contributed by atoms with Crippen LogP contribution in [0.3, 0.4) is 0 Å². The van der Waals surface area contributed by atoms with Gasteiger partial charge >= 0.3 is 0 Å². The van der Waals surface area contributed by atoms with Crippen LogP contribution in [0.5, 0.6) is 0 Å². The van der Waals surface area contributed by atoms with E-state index in [-0.39, 0.29) is 33.1 Å². The largest absolute Gasteiger partial charge is 0.417 e. The van der Waals surface area contributed by atoms with E-state index in [1.165, 1.54) is 10.4 Å². The van der Waals surface area contributed by atoms with Crippen molar-refractivity contribution in [2.45, 2.75) is 193 Å². The lowest BCUT2D eigenvalue weighted by atomic mass is 10.0. The number of carbonyl (C=O) groups excluding carboxylic acids is 1. The Labute approximate surface area is 349 Å². The highest BCUT2D eigenvalue weighted by atomic mass is 28.4. The van der Waals surface area contributed by atoms with Crippen molar-refractivity contribution in [3.8, 4) is 0 Å². The average molecular weight is 842 g/mol. The van der Waals surface area contributed by atoms with Crippen LogP contribution in [0.15, 0.2) is 72.8 Å². The van der Waals surface area contributed by atoms with Crippen LogP contribution in [0.4, 0.5) is 0 Å². The molecule has 5 nitrogen and oxygen atoms in total. The first-order valence-corrected chi connectivity index (χ1v) is 32.1. The number of hydrogen-bond acceptors (Lipinski definition) is 5. The molecule has 2 aromatic rings. The maximum Gasteiger partial charge on any atom is 0.261 e. The van der Waals surface area contributed by atoms with E-state index >= 15 is 0 Å². The SMILES string of the molecule is CC[Si](CC)(CC)OC(CCC(=O)/C=C\CCO[Si](C)(C)C(C)(C)C)CCC(CCO[Si](c1ccccc1)(c1ccccc1)C(C)(C)C)O[Si](C)(C)C(C)(C)C. The van der Waals surface area contributed by atoms with Gasteiger partial charge in [0.05, 0.1) is 0 Å². The van der Waals surface area contributed by atoms with E-state index in [2.05, 4.69) is 170 Å². The van der Waals surface area contributed by atoms with Crippen molar-refractivity contribution in [3.63, 3.8) is 0 Å². The minimum absolute atomic E-state index is 0.0314. The van der Waals surface area contributed by atoms with Gasteiger partial charge in [0.1, 0.15) is 0 Å². The van der Waals surface area contributed by atoms with Gasteiger partial charge in [-0.05, 0) is 108 Å². The fraction of sp³-hybridized carbons (Fsp3) is 0.681. The zero-order valence-corrected chi connectivity index (χ0v) is 42.9. The van der Waals surface area contributed by atoms with Crippen molar-refractivity contribution in [3.05, 3.63) is 72.8 Å². The second-order valence-corrected chi connectivity index (χ2v) is 38.8. The van der Waals surface area contributed by atoms with Crippen LogP contribution in [0.25, 0.3) is 0 Å². The van der Waals surface area contributed by atoms with Gasteiger partial charge in [-0.3, -0.25) is 4.79 Å². The summed E-state index contributed by atoms with van der Waals surface area (Å²) >= 11 is 0. The number of rotatable bonds is 24. The van der Waals surface area contributed by atoms with Gasteiger partial charge in [0.2, 0.25) is 0 Å². The van der Waals surface area contributed by atoms with Crippen LogP contribution < -0.4 is 10.4 Å². The topological polar surface area (TPSA) is 54.0 Å². The average Bonchev–Trinajstić information content (AvgIpc) is 3.12. The molecule has 0 amide bonds. The van der Waals surface area contributed by atoms with Crippen LogP contribution in [-0.2, 0) is 22.5 Å². The summed E-state index contributed by atoms with van der Waals surface area (Å²) in [5.41, 5.74) is 0. The van der Waals surface area contributed by atoms with Crippen molar-refractivity contribution in [1.29, 1.82) is 0 Å². The number of hydrogen-bond donors (Lipinski definition) is 0. The Hall–Kier alpha value is -1.44. The van der Waals surface area contributed by atoms with Crippen molar-refractivity contribution in [1.82, 2.24) is 0 Å². The monoisotopic (exact) mass is 841 g/mol.